The van der Waals surface area contributed by atoms with Gasteiger partial charge >= 0.3 is 6.09 Å². The molecule has 0 radical (unpaired) electrons. The van der Waals surface area contributed by atoms with Gasteiger partial charge in [0, 0.05) is 18.8 Å². The highest BCUT2D eigenvalue weighted by atomic mass is 35.5. The molecule has 0 aliphatic carbocycles. The zero-order valence-corrected chi connectivity index (χ0v) is 12.6. The summed E-state index contributed by atoms with van der Waals surface area (Å²) in [6.07, 6.45) is 3.53. The first kappa shape index (κ1) is 16.2. The molecule has 1 amide bonds. The van der Waals surface area contributed by atoms with Crippen LogP contribution in [0.25, 0.3) is 0 Å². The predicted molar refractivity (Wildman–Crippen MR) is 77.8 cm³/mol. The van der Waals surface area contributed by atoms with E-state index in [9.17, 15) is 4.79 Å². The van der Waals surface area contributed by atoms with Crippen LogP contribution >= 0.6 is 23.7 Å². The van der Waals surface area contributed by atoms with Crippen molar-refractivity contribution in [2.75, 3.05) is 19.6 Å². The Labute approximate surface area is 123 Å². The van der Waals surface area contributed by atoms with Gasteiger partial charge in [-0.1, -0.05) is 0 Å². The Hall–Kier alpha value is -0.850. The number of thiazole rings is 1. The van der Waals surface area contributed by atoms with E-state index in [0.29, 0.717) is 19.2 Å². The maximum absolute atomic E-state index is 12.0. The van der Waals surface area contributed by atoms with E-state index in [-0.39, 0.29) is 18.5 Å². The van der Waals surface area contributed by atoms with E-state index in [4.69, 9.17) is 4.74 Å². The van der Waals surface area contributed by atoms with Crippen LogP contribution < -0.4 is 5.32 Å². The van der Waals surface area contributed by atoms with Crippen molar-refractivity contribution >= 4 is 29.8 Å². The van der Waals surface area contributed by atoms with E-state index in [1.807, 2.05) is 11.8 Å². The van der Waals surface area contributed by atoms with Gasteiger partial charge < -0.3 is 15.0 Å². The molecule has 19 heavy (non-hydrogen) atoms. The minimum Gasteiger partial charge on any atom is -0.444 e. The summed E-state index contributed by atoms with van der Waals surface area (Å²) in [5.74, 6) is 0. The highest BCUT2D eigenvalue weighted by Gasteiger charge is 2.24. The Morgan fingerprint density at radius 1 is 1.58 bits per heavy atom. The van der Waals surface area contributed by atoms with Gasteiger partial charge in [-0.15, -0.1) is 23.7 Å². The highest BCUT2D eigenvalue weighted by Crippen LogP contribution is 2.14. The summed E-state index contributed by atoms with van der Waals surface area (Å²) < 4.78 is 5.33. The molecule has 0 saturated carbocycles. The van der Waals surface area contributed by atoms with Gasteiger partial charge in [-0.2, -0.15) is 0 Å². The Morgan fingerprint density at radius 3 is 2.89 bits per heavy atom. The van der Waals surface area contributed by atoms with Crippen molar-refractivity contribution in [2.45, 2.75) is 32.4 Å². The third-order valence-electron chi connectivity index (χ3n) is 3.15. The van der Waals surface area contributed by atoms with Gasteiger partial charge in [0.05, 0.1) is 10.4 Å². The van der Waals surface area contributed by atoms with Crippen LogP contribution in [0.5, 0.6) is 0 Å². The Kier molecular flexibility index (Phi) is 7.12. The second-order valence-electron chi connectivity index (χ2n) is 4.29. The average Bonchev–Trinajstić information content (AvgIpc) is 2.92. The number of carbonyl (C=O) groups excluding carboxylic acids is 1. The summed E-state index contributed by atoms with van der Waals surface area (Å²) >= 11 is 1.50. The minimum absolute atomic E-state index is 0. The molecule has 1 fully saturated rings. The summed E-state index contributed by atoms with van der Waals surface area (Å²) in [7, 11) is 0. The number of rotatable bonds is 4. The summed E-state index contributed by atoms with van der Waals surface area (Å²) in [6, 6.07) is 0.310. The van der Waals surface area contributed by atoms with E-state index < -0.39 is 0 Å². The molecule has 1 aliphatic heterocycles. The van der Waals surface area contributed by atoms with Crippen LogP contribution in [0.15, 0.2) is 11.7 Å². The number of amides is 1. The smallest absolute Gasteiger partial charge is 0.410 e. The Balaban J connectivity index is 0.00000180. The Bertz CT molecular complexity index is 369. The number of ether oxygens (including phenoxy) is 1. The number of nitrogens with zero attached hydrogens (tertiary/aromatic N) is 2. The van der Waals surface area contributed by atoms with Crippen LogP contribution in [0.1, 0.15) is 24.6 Å². The summed E-state index contributed by atoms with van der Waals surface area (Å²) in [5, 5.41) is 3.30. The molecule has 1 aromatic rings. The zero-order chi connectivity index (χ0) is 12.8. The summed E-state index contributed by atoms with van der Waals surface area (Å²) in [5.41, 5.74) is 1.74. The van der Waals surface area contributed by atoms with E-state index in [2.05, 4.69) is 10.3 Å². The third-order valence-corrected chi connectivity index (χ3v) is 3.90. The zero-order valence-electron chi connectivity index (χ0n) is 11.0. The fourth-order valence-electron chi connectivity index (χ4n) is 2.18. The molecule has 7 heteroatoms. The predicted octanol–water partition coefficient (Wildman–Crippen LogP) is 2.28. The highest BCUT2D eigenvalue weighted by molar-refractivity contribution is 7.09. The van der Waals surface area contributed by atoms with Crippen LogP contribution in [0.2, 0.25) is 0 Å². The molecule has 0 atom stereocenters. The second-order valence-corrected chi connectivity index (χ2v) is 5.26. The van der Waals surface area contributed by atoms with Crippen LogP contribution in [0.3, 0.4) is 0 Å². The monoisotopic (exact) mass is 305 g/mol. The molecule has 1 aromatic heterocycles. The number of carbonyl (C=O) groups is 1. The van der Waals surface area contributed by atoms with Crippen LogP contribution in [0.4, 0.5) is 4.79 Å². The molecule has 2 heterocycles. The maximum Gasteiger partial charge on any atom is 0.410 e. The maximum atomic E-state index is 12.0. The van der Waals surface area contributed by atoms with Crippen molar-refractivity contribution in [1.82, 2.24) is 15.2 Å². The van der Waals surface area contributed by atoms with Crippen molar-refractivity contribution in [3.63, 3.8) is 0 Å². The molecule has 0 aromatic carbocycles. The fraction of sp³-hybridized carbons (Fsp3) is 0.667. The van der Waals surface area contributed by atoms with Gasteiger partial charge in [-0.05, 0) is 32.9 Å². The Morgan fingerprint density at radius 2 is 2.32 bits per heavy atom. The molecular formula is C12H20ClN3O2S. The van der Waals surface area contributed by atoms with Gasteiger partial charge in [-0.3, -0.25) is 4.98 Å². The van der Waals surface area contributed by atoms with Crippen LogP contribution in [-0.4, -0.2) is 41.7 Å². The molecule has 108 valence electrons. The van der Waals surface area contributed by atoms with Crippen LogP contribution in [0, 0.1) is 0 Å². The molecule has 5 nitrogen and oxygen atoms in total. The van der Waals surface area contributed by atoms with Crippen molar-refractivity contribution in [3.8, 4) is 0 Å². The van der Waals surface area contributed by atoms with Gasteiger partial charge in [0.1, 0.15) is 6.61 Å². The van der Waals surface area contributed by atoms with Gasteiger partial charge in [0.25, 0.3) is 0 Å². The summed E-state index contributed by atoms with van der Waals surface area (Å²) in [6.45, 7) is 4.97. The lowest BCUT2D eigenvalue weighted by atomic mass is 10.1. The number of nitrogens with one attached hydrogen (secondary N) is 1. The average molecular weight is 306 g/mol. The normalized spacial score (nSPS) is 15.6. The molecule has 1 aliphatic rings. The first-order chi connectivity index (χ1) is 8.81. The van der Waals surface area contributed by atoms with E-state index in [0.717, 1.165) is 30.8 Å². The first-order valence-corrected chi connectivity index (χ1v) is 7.20. The molecule has 0 bridgehead atoms. The molecule has 0 unspecified atom stereocenters. The van der Waals surface area contributed by atoms with Gasteiger partial charge in [0.2, 0.25) is 0 Å². The van der Waals surface area contributed by atoms with Crippen molar-refractivity contribution in [2.24, 2.45) is 0 Å². The van der Waals surface area contributed by atoms with E-state index in [1.165, 1.54) is 11.3 Å². The SMILES string of the molecule is CCN(C(=O)OCc1cncs1)C1CCNCC1.Cl. The van der Waals surface area contributed by atoms with E-state index >= 15 is 0 Å². The number of aromatic nitrogens is 1. The lowest BCUT2D eigenvalue weighted by molar-refractivity contribution is 0.0766. The fourth-order valence-corrected chi connectivity index (χ4v) is 2.69. The molecule has 1 N–H and O–H groups in total. The molecule has 2 rings (SSSR count). The van der Waals surface area contributed by atoms with Crippen LogP contribution in [-0.2, 0) is 11.3 Å². The number of hydrogen-bond donors (Lipinski definition) is 1. The third kappa shape index (κ3) is 4.63. The molecule has 0 spiro atoms. The first-order valence-electron chi connectivity index (χ1n) is 6.32. The van der Waals surface area contributed by atoms with Crippen molar-refractivity contribution < 1.29 is 9.53 Å². The lowest BCUT2D eigenvalue weighted by Gasteiger charge is -2.33. The summed E-state index contributed by atoms with van der Waals surface area (Å²) in [4.78, 5) is 18.8. The lowest BCUT2D eigenvalue weighted by Crippen LogP contribution is -2.46. The van der Waals surface area contributed by atoms with Gasteiger partial charge in [0.15, 0.2) is 0 Å². The van der Waals surface area contributed by atoms with E-state index in [1.54, 1.807) is 11.7 Å². The quantitative estimate of drug-likeness (QED) is 0.927. The van der Waals surface area contributed by atoms with Crippen molar-refractivity contribution in [1.29, 1.82) is 0 Å². The molecule has 1 saturated heterocycles. The standard InChI is InChI=1S/C12H19N3O2S.ClH/c1-2-15(10-3-5-13-6-4-10)12(16)17-8-11-7-14-9-18-11;/h7,9-10,13H,2-6,8H2,1H3;1H. The number of hydrogen-bond acceptors (Lipinski definition) is 5. The minimum atomic E-state index is -0.210. The topological polar surface area (TPSA) is 54.5 Å². The number of piperidine rings is 1. The largest absolute Gasteiger partial charge is 0.444 e. The number of halogens is 1. The second kappa shape index (κ2) is 8.35. The molecular weight excluding hydrogens is 286 g/mol. The van der Waals surface area contributed by atoms with Crippen molar-refractivity contribution in [3.05, 3.63) is 16.6 Å². The van der Waals surface area contributed by atoms with Gasteiger partial charge in [-0.25, -0.2) is 4.79 Å².